The van der Waals surface area contributed by atoms with Gasteiger partial charge in [0.05, 0.1) is 21.9 Å². The Labute approximate surface area is 209 Å². The van der Waals surface area contributed by atoms with E-state index in [-0.39, 0.29) is 38.4 Å². The van der Waals surface area contributed by atoms with Crippen molar-refractivity contribution in [1.29, 1.82) is 0 Å². The molecule has 1 aromatic carbocycles. The average molecular weight is 510 g/mol. The molecule has 3 aromatic heterocycles. The summed E-state index contributed by atoms with van der Waals surface area (Å²) in [5.74, 6) is 0.603. The van der Waals surface area contributed by atoms with E-state index in [2.05, 4.69) is 24.8 Å². The highest BCUT2D eigenvalue weighted by atomic mass is 35.5. The number of H-pyrrole nitrogens is 1. The first-order valence-corrected chi connectivity index (χ1v) is 12.0. The summed E-state index contributed by atoms with van der Waals surface area (Å²) in [6, 6.07) is 6.75. The fraction of sp³-hybridized carbons (Fsp3) is 0.292. The zero-order valence-electron chi connectivity index (χ0n) is 18.5. The molecule has 11 heteroatoms. The Morgan fingerprint density at radius 3 is 2.69 bits per heavy atom. The monoisotopic (exact) mass is 509 g/mol. The quantitative estimate of drug-likeness (QED) is 0.425. The van der Waals surface area contributed by atoms with Gasteiger partial charge in [0.25, 0.3) is 5.56 Å². The molecule has 4 heterocycles. The maximum atomic E-state index is 13.1. The van der Waals surface area contributed by atoms with Crippen LogP contribution in [0.5, 0.6) is 0 Å². The summed E-state index contributed by atoms with van der Waals surface area (Å²) in [6.45, 7) is 1.49. The lowest BCUT2D eigenvalue weighted by Gasteiger charge is -2.42. The molecule has 35 heavy (non-hydrogen) atoms. The van der Waals surface area contributed by atoms with Crippen molar-refractivity contribution in [1.82, 2.24) is 24.5 Å². The first-order chi connectivity index (χ1) is 16.9. The lowest BCUT2D eigenvalue weighted by Crippen LogP contribution is -2.44. The van der Waals surface area contributed by atoms with Gasteiger partial charge in [-0.25, -0.2) is 19.3 Å². The normalized spacial score (nSPS) is 18.8. The van der Waals surface area contributed by atoms with Gasteiger partial charge in [0.2, 0.25) is 0 Å². The zero-order valence-corrected chi connectivity index (χ0v) is 20.1. The van der Waals surface area contributed by atoms with Gasteiger partial charge in [0.1, 0.15) is 5.82 Å². The molecule has 3 N–H and O–H groups in total. The Balaban J connectivity index is 1.30. The Kier molecular flexibility index (Phi) is 5.17. The molecule has 0 bridgehead atoms. The minimum absolute atomic E-state index is 0.00438. The van der Waals surface area contributed by atoms with Crippen LogP contribution in [-0.2, 0) is 6.42 Å². The summed E-state index contributed by atoms with van der Waals surface area (Å²) in [5.41, 5.74) is 8.15. The number of aromatic nitrogens is 5. The third kappa shape index (κ3) is 3.45. The maximum Gasteiger partial charge on any atom is 0.334 e. The SMILES string of the molecule is N[C@@H]1c2ccncc2CC12CCN(c1cnc3c(=O)n(-c4cccc(Cl)c4Cl)c(=O)[nH]c3n1)CC2. The molecule has 0 saturated carbocycles. The Morgan fingerprint density at radius 2 is 1.91 bits per heavy atom. The summed E-state index contributed by atoms with van der Waals surface area (Å²) in [7, 11) is 0. The summed E-state index contributed by atoms with van der Waals surface area (Å²) >= 11 is 12.3. The topological polar surface area (TPSA) is 123 Å². The lowest BCUT2D eigenvalue weighted by atomic mass is 9.73. The summed E-state index contributed by atoms with van der Waals surface area (Å²) < 4.78 is 0.920. The molecule has 1 aliphatic carbocycles. The van der Waals surface area contributed by atoms with Crippen LogP contribution in [0.25, 0.3) is 16.9 Å². The first-order valence-electron chi connectivity index (χ1n) is 11.3. The number of anilines is 1. The highest BCUT2D eigenvalue weighted by Gasteiger charge is 2.46. The lowest BCUT2D eigenvalue weighted by molar-refractivity contribution is 0.187. The highest BCUT2D eigenvalue weighted by Crippen LogP contribution is 2.50. The van der Waals surface area contributed by atoms with E-state index in [4.69, 9.17) is 28.9 Å². The van der Waals surface area contributed by atoms with Crippen molar-refractivity contribution in [2.75, 3.05) is 18.0 Å². The molecule has 4 aromatic rings. The smallest absolute Gasteiger partial charge is 0.334 e. The van der Waals surface area contributed by atoms with E-state index in [9.17, 15) is 9.59 Å². The second-order valence-corrected chi connectivity index (χ2v) is 9.93. The van der Waals surface area contributed by atoms with Crippen LogP contribution < -0.4 is 21.9 Å². The number of rotatable bonds is 2. The predicted molar refractivity (Wildman–Crippen MR) is 135 cm³/mol. The number of benzene rings is 1. The molecule has 2 aliphatic rings. The van der Waals surface area contributed by atoms with Gasteiger partial charge in [-0.1, -0.05) is 29.3 Å². The van der Waals surface area contributed by atoms with Gasteiger partial charge in [0.15, 0.2) is 11.2 Å². The van der Waals surface area contributed by atoms with E-state index in [0.717, 1.165) is 36.9 Å². The summed E-state index contributed by atoms with van der Waals surface area (Å²) in [4.78, 5) is 43.9. The summed E-state index contributed by atoms with van der Waals surface area (Å²) in [5, 5.41) is 0.345. The Hall–Kier alpha value is -3.27. The molecule has 9 nitrogen and oxygen atoms in total. The second kappa shape index (κ2) is 8.15. The number of aromatic amines is 1. The van der Waals surface area contributed by atoms with Crippen molar-refractivity contribution in [3.8, 4) is 5.69 Å². The summed E-state index contributed by atoms with van der Waals surface area (Å²) in [6.07, 6.45) is 8.00. The van der Waals surface area contributed by atoms with Crippen LogP contribution in [0.4, 0.5) is 5.82 Å². The number of hydrogen-bond donors (Lipinski definition) is 2. The fourth-order valence-corrected chi connectivity index (χ4v) is 5.77. The van der Waals surface area contributed by atoms with Crippen LogP contribution in [0.2, 0.25) is 10.0 Å². The molecular weight excluding hydrogens is 489 g/mol. The number of hydrogen-bond acceptors (Lipinski definition) is 7. The number of nitrogens with two attached hydrogens (primary N) is 1. The van der Waals surface area contributed by atoms with Gasteiger partial charge >= 0.3 is 5.69 Å². The average Bonchev–Trinajstić information content (AvgIpc) is 3.13. The molecule has 1 spiro atoms. The Morgan fingerprint density at radius 1 is 1.11 bits per heavy atom. The number of pyridine rings is 1. The van der Waals surface area contributed by atoms with E-state index in [0.29, 0.717) is 5.82 Å². The van der Waals surface area contributed by atoms with Crippen molar-refractivity contribution in [3.63, 3.8) is 0 Å². The van der Waals surface area contributed by atoms with Crippen molar-refractivity contribution in [2.45, 2.75) is 25.3 Å². The third-order valence-corrected chi connectivity index (χ3v) is 8.14. The van der Waals surface area contributed by atoms with E-state index in [1.54, 1.807) is 30.6 Å². The van der Waals surface area contributed by atoms with Crippen LogP contribution in [0.3, 0.4) is 0 Å². The van der Waals surface area contributed by atoms with Crippen molar-refractivity contribution in [2.24, 2.45) is 11.1 Å². The molecule has 1 fully saturated rings. The van der Waals surface area contributed by atoms with E-state index in [1.807, 2.05) is 12.3 Å². The van der Waals surface area contributed by atoms with Gasteiger partial charge < -0.3 is 10.6 Å². The van der Waals surface area contributed by atoms with Crippen molar-refractivity contribution < 1.29 is 0 Å². The molecule has 6 rings (SSSR count). The second-order valence-electron chi connectivity index (χ2n) is 9.15. The van der Waals surface area contributed by atoms with Gasteiger partial charge in [-0.2, -0.15) is 0 Å². The van der Waals surface area contributed by atoms with Gasteiger partial charge in [-0.15, -0.1) is 0 Å². The number of piperidine rings is 1. The number of nitrogens with zero attached hydrogens (tertiary/aromatic N) is 5. The zero-order chi connectivity index (χ0) is 24.3. The van der Waals surface area contributed by atoms with Crippen molar-refractivity contribution in [3.05, 3.63) is 84.9 Å². The van der Waals surface area contributed by atoms with Crippen LogP contribution in [0.15, 0.2) is 52.4 Å². The van der Waals surface area contributed by atoms with Crippen LogP contribution >= 0.6 is 23.2 Å². The molecular formula is C24H21Cl2N7O2. The molecule has 178 valence electrons. The molecule has 0 unspecified atom stereocenters. The fourth-order valence-electron chi connectivity index (χ4n) is 5.39. The van der Waals surface area contributed by atoms with Crippen LogP contribution in [-0.4, -0.2) is 37.6 Å². The molecule has 1 saturated heterocycles. The molecule has 0 amide bonds. The maximum absolute atomic E-state index is 13.1. The standard InChI is InChI=1S/C24H21Cl2N7O2/c25-15-2-1-3-16(18(15)26)33-22(34)19-21(31-23(33)35)30-17(12-29-19)32-8-5-24(6-9-32)10-13-11-28-7-4-14(13)20(24)27/h1-4,7,11-12,20H,5-6,8-10,27H2,(H,30,31,35)/t20-/m1/s1. The minimum atomic E-state index is -0.668. The van der Waals surface area contributed by atoms with Crippen LogP contribution in [0, 0.1) is 5.41 Å². The highest BCUT2D eigenvalue weighted by molar-refractivity contribution is 6.43. The molecule has 1 aliphatic heterocycles. The number of halogens is 2. The van der Waals surface area contributed by atoms with Gasteiger partial charge in [-0.3, -0.25) is 14.8 Å². The van der Waals surface area contributed by atoms with Crippen molar-refractivity contribution >= 4 is 40.2 Å². The van der Waals surface area contributed by atoms with E-state index < -0.39 is 11.2 Å². The molecule has 1 atom stereocenters. The van der Waals surface area contributed by atoms with Gasteiger partial charge in [0, 0.05) is 31.5 Å². The Bertz CT molecular complexity index is 1590. The van der Waals surface area contributed by atoms with E-state index in [1.165, 1.54) is 11.1 Å². The largest absolute Gasteiger partial charge is 0.355 e. The van der Waals surface area contributed by atoms with Crippen LogP contribution in [0.1, 0.15) is 30.0 Å². The predicted octanol–water partition coefficient (Wildman–Crippen LogP) is 3.01. The first kappa shape index (κ1) is 22.2. The van der Waals surface area contributed by atoms with E-state index >= 15 is 0 Å². The molecule has 0 radical (unpaired) electrons. The third-order valence-electron chi connectivity index (χ3n) is 7.33. The minimum Gasteiger partial charge on any atom is -0.355 e. The van der Waals surface area contributed by atoms with Gasteiger partial charge in [-0.05, 0) is 54.0 Å². The number of nitrogens with one attached hydrogen (secondary N) is 1. The number of fused-ring (bicyclic) bond motifs is 2.